The van der Waals surface area contributed by atoms with Crippen LogP contribution in [0.25, 0.3) is 0 Å². The fourth-order valence-electron chi connectivity index (χ4n) is 2.31. The maximum atomic E-state index is 12.0. The Labute approximate surface area is 196 Å². The molecule has 1 heterocycles. The molecular formula is C18H19KO6S. The fraction of sp³-hybridized carbons (Fsp3) is 0.278. The number of carbonyl (C=O) groups is 1. The largest absolute Gasteiger partial charge is 1.00 e. The van der Waals surface area contributed by atoms with Crippen LogP contribution in [0, 0.1) is 0 Å². The van der Waals surface area contributed by atoms with Crippen molar-refractivity contribution in [2.75, 3.05) is 6.61 Å². The molecule has 0 aliphatic carbocycles. The predicted octanol–water partition coefficient (Wildman–Crippen LogP) is 0.270. The van der Waals surface area contributed by atoms with Crippen LogP contribution in [0.15, 0.2) is 54.6 Å². The summed E-state index contributed by atoms with van der Waals surface area (Å²) in [6.45, 7) is 1.69. The molecule has 0 bridgehead atoms. The third-order valence-electron chi connectivity index (χ3n) is 3.43. The van der Waals surface area contributed by atoms with E-state index < -0.39 is 10.4 Å². The van der Waals surface area contributed by atoms with Gasteiger partial charge >= 0.3 is 51.4 Å². The van der Waals surface area contributed by atoms with E-state index in [-0.39, 0.29) is 69.9 Å². The van der Waals surface area contributed by atoms with Crippen molar-refractivity contribution in [2.45, 2.75) is 25.9 Å². The zero-order chi connectivity index (χ0) is 18.3. The number of ether oxygens (including phenoxy) is 1. The maximum absolute atomic E-state index is 12.0. The van der Waals surface area contributed by atoms with Crippen LogP contribution in [0.2, 0.25) is 0 Å². The second kappa shape index (κ2) is 11.3. The van der Waals surface area contributed by atoms with Gasteiger partial charge in [-0.2, -0.15) is 0 Å². The average molecular weight is 403 g/mol. The Morgan fingerprint density at radius 1 is 1.12 bits per heavy atom. The van der Waals surface area contributed by atoms with Crippen molar-refractivity contribution >= 4 is 16.2 Å². The number of hydrogen-bond donors (Lipinski definition) is 0. The minimum atomic E-state index is -4.44. The van der Waals surface area contributed by atoms with Gasteiger partial charge in [0, 0.05) is 0 Å². The normalized spacial score (nSPS) is 15.6. The number of fused-ring (bicyclic) bond motifs is 1. The van der Waals surface area contributed by atoms with E-state index in [1.807, 2.05) is 54.6 Å². The van der Waals surface area contributed by atoms with E-state index in [2.05, 4.69) is 4.18 Å². The summed E-state index contributed by atoms with van der Waals surface area (Å²) in [6, 6.07) is 17.3. The molecule has 134 valence electrons. The summed E-state index contributed by atoms with van der Waals surface area (Å²) in [5, 5.41) is 0. The minimum Gasteiger partial charge on any atom is -0.726 e. The van der Waals surface area contributed by atoms with Crippen molar-refractivity contribution < 1.29 is 78.1 Å². The van der Waals surface area contributed by atoms with Gasteiger partial charge in [0.1, 0.15) is 11.9 Å². The van der Waals surface area contributed by atoms with Gasteiger partial charge in [-0.3, -0.25) is 8.98 Å². The molecule has 0 saturated carbocycles. The zero-order valence-electron chi connectivity index (χ0n) is 14.8. The number of rotatable bonds is 4. The third-order valence-corrected chi connectivity index (χ3v) is 3.89. The molecule has 0 amide bonds. The molecule has 1 unspecified atom stereocenters. The summed E-state index contributed by atoms with van der Waals surface area (Å²) in [6.07, 6.45) is 0.793. The molecule has 26 heavy (non-hydrogen) atoms. The van der Waals surface area contributed by atoms with Crippen molar-refractivity contribution in [3.8, 4) is 5.75 Å². The quantitative estimate of drug-likeness (QED) is 0.414. The molecule has 0 spiro atoms. The molecule has 0 aromatic heterocycles. The van der Waals surface area contributed by atoms with E-state index in [9.17, 15) is 17.8 Å². The average Bonchev–Trinajstić information content (AvgIpc) is 2.61. The van der Waals surface area contributed by atoms with Crippen molar-refractivity contribution in [1.29, 1.82) is 0 Å². The summed E-state index contributed by atoms with van der Waals surface area (Å²) in [7, 11) is -4.44. The van der Waals surface area contributed by atoms with Gasteiger partial charge in [0.25, 0.3) is 0 Å². The molecule has 6 nitrogen and oxygen atoms in total. The van der Waals surface area contributed by atoms with Crippen molar-refractivity contribution in [1.82, 2.24) is 0 Å². The predicted molar refractivity (Wildman–Crippen MR) is 91.1 cm³/mol. The summed E-state index contributed by atoms with van der Waals surface area (Å²) >= 11 is 0. The third kappa shape index (κ3) is 7.57. The van der Waals surface area contributed by atoms with Crippen molar-refractivity contribution in [3.63, 3.8) is 0 Å². The van der Waals surface area contributed by atoms with Gasteiger partial charge < -0.3 is 9.29 Å². The molecule has 3 rings (SSSR count). The Kier molecular flexibility index (Phi) is 10.2. The number of hydrogen-bond acceptors (Lipinski definition) is 6. The molecule has 2 aromatic carbocycles. The Hall–Kier alpha value is -0.584. The van der Waals surface area contributed by atoms with Crippen LogP contribution in [0.3, 0.4) is 0 Å². The number of ketones is 1. The first kappa shape index (κ1) is 23.5. The van der Waals surface area contributed by atoms with Gasteiger partial charge in [-0.15, -0.1) is 0 Å². The number of Topliss-reactive ketones (excluding diaryl/α,β-unsaturated/α-hetero) is 1. The molecule has 1 aliphatic rings. The van der Waals surface area contributed by atoms with E-state index in [4.69, 9.17) is 4.74 Å². The van der Waals surface area contributed by atoms with E-state index in [0.29, 0.717) is 24.2 Å². The molecule has 8 heteroatoms. The van der Waals surface area contributed by atoms with Gasteiger partial charge in [-0.1, -0.05) is 49.4 Å². The monoisotopic (exact) mass is 402 g/mol. The van der Waals surface area contributed by atoms with Crippen LogP contribution >= 0.6 is 0 Å². The van der Waals surface area contributed by atoms with Gasteiger partial charge in [0.15, 0.2) is 5.78 Å². The van der Waals surface area contributed by atoms with E-state index in [0.717, 1.165) is 5.56 Å². The van der Waals surface area contributed by atoms with Gasteiger partial charge in [0.2, 0.25) is 10.4 Å². The number of benzene rings is 2. The van der Waals surface area contributed by atoms with Crippen LogP contribution in [0.1, 0.15) is 41.8 Å². The summed E-state index contributed by atoms with van der Waals surface area (Å²) in [4.78, 5) is 12.0. The van der Waals surface area contributed by atoms with E-state index in [1.54, 1.807) is 6.92 Å². The van der Waals surface area contributed by atoms with Crippen LogP contribution < -0.4 is 56.1 Å². The maximum Gasteiger partial charge on any atom is 1.00 e. The molecule has 0 fully saturated rings. The summed E-state index contributed by atoms with van der Waals surface area (Å²) in [5.74, 6) is 0.846. The molecule has 1 aliphatic heterocycles. The van der Waals surface area contributed by atoms with Gasteiger partial charge in [-0.25, -0.2) is 8.42 Å². The fourth-order valence-corrected chi connectivity index (χ4v) is 2.68. The smallest absolute Gasteiger partial charge is 0.726 e. The Morgan fingerprint density at radius 3 is 2.31 bits per heavy atom. The van der Waals surface area contributed by atoms with Gasteiger partial charge in [-0.05, 0) is 24.1 Å². The van der Waals surface area contributed by atoms with Crippen molar-refractivity contribution in [2.24, 2.45) is 0 Å². The van der Waals surface area contributed by atoms with E-state index in [1.165, 1.54) is 0 Å². The Morgan fingerprint density at radius 2 is 1.73 bits per heavy atom. The van der Waals surface area contributed by atoms with Crippen molar-refractivity contribution in [3.05, 3.63) is 65.7 Å². The molecule has 0 N–H and O–H groups in total. The molecule has 2 aromatic rings. The standard InChI is InChI=1S/C15H12O2.C3H8O4S.K/c16-13-10-15(11-6-2-1-3-7-11)17-14-9-5-4-8-12(13)14;1-2-3-7-8(4,5)6;/h1-9,15H,10H2;2-3H2,1H3,(H,4,5,6);/q;;+1/p-1. The van der Waals surface area contributed by atoms with E-state index >= 15 is 0 Å². The molecular weight excluding hydrogens is 383 g/mol. The number of carbonyl (C=O) groups excluding carboxylic acids is 1. The second-order valence-electron chi connectivity index (χ2n) is 5.37. The topological polar surface area (TPSA) is 92.7 Å². The first-order valence-corrected chi connectivity index (χ1v) is 9.18. The molecule has 0 radical (unpaired) electrons. The Bertz CT molecular complexity index is 807. The van der Waals surface area contributed by atoms with Crippen LogP contribution in [-0.2, 0) is 14.6 Å². The first-order valence-electron chi connectivity index (χ1n) is 7.84. The summed E-state index contributed by atoms with van der Waals surface area (Å²) in [5.41, 5.74) is 1.75. The van der Waals surface area contributed by atoms with Gasteiger partial charge in [0.05, 0.1) is 18.6 Å². The van der Waals surface area contributed by atoms with Crippen LogP contribution in [0.5, 0.6) is 5.75 Å². The number of para-hydroxylation sites is 1. The molecule has 1 atom stereocenters. The van der Waals surface area contributed by atoms with Crippen LogP contribution in [0.4, 0.5) is 0 Å². The minimum absolute atomic E-state index is 0. The SMILES string of the molecule is CCCOS(=O)(=O)[O-].O=C1CC(c2ccccc2)Oc2ccccc21.[K+]. The molecule has 0 saturated heterocycles. The second-order valence-corrected chi connectivity index (χ2v) is 6.42. The van der Waals surface area contributed by atoms with Crippen LogP contribution in [-0.4, -0.2) is 25.4 Å². The Balaban J connectivity index is 0.000000325. The first-order chi connectivity index (χ1) is 11.9. The summed E-state index contributed by atoms with van der Waals surface area (Å²) < 4.78 is 38.5. The zero-order valence-corrected chi connectivity index (χ0v) is 18.7.